The molecule has 1 aromatic carbocycles. The lowest BCUT2D eigenvalue weighted by molar-refractivity contribution is 0.193. The van der Waals surface area contributed by atoms with E-state index in [1.165, 1.54) is 44.5 Å². The third-order valence-electron chi connectivity index (χ3n) is 4.13. The van der Waals surface area contributed by atoms with Crippen LogP contribution in [0.1, 0.15) is 25.7 Å². The molecule has 0 radical (unpaired) electrons. The van der Waals surface area contributed by atoms with Crippen molar-refractivity contribution in [3.63, 3.8) is 0 Å². The van der Waals surface area contributed by atoms with Crippen molar-refractivity contribution in [2.75, 3.05) is 18.4 Å². The van der Waals surface area contributed by atoms with Gasteiger partial charge in [-0.25, -0.2) is 4.39 Å². The Kier molecular flexibility index (Phi) is 3.44. The molecule has 2 saturated heterocycles. The van der Waals surface area contributed by atoms with Crippen molar-refractivity contribution in [3.05, 3.63) is 29.0 Å². The fourth-order valence-electron chi connectivity index (χ4n) is 3.22. The van der Waals surface area contributed by atoms with E-state index in [1.807, 2.05) is 0 Å². The standard InChI is InChI=1S/C14H18ClFN2/c15-11-9-10(16)4-5-12(11)17-13-6-8-18-7-2-1-3-14(13)18/h4-5,9,13-14,17H,1-3,6-8H2. The highest BCUT2D eigenvalue weighted by atomic mass is 35.5. The highest BCUT2D eigenvalue weighted by Crippen LogP contribution is 2.31. The third-order valence-corrected chi connectivity index (χ3v) is 4.44. The molecule has 0 aliphatic carbocycles. The maximum absolute atomic E-state index is 13.0. The summed E-state index contributed by atoms with van der Waals surface area (Å²) in [7, 11) is 0. The highest BCUT2D eigenvalue weighted by Gasteiger charge is 2.35. The number of nitrogens with zero attached hydrogens (tertiary/aromatic N) is 1. The third kappa shape index (κ3) is 2.34. The minimum atomic E-state index is -0.281. The SMILES string of the molecule is Fc1ccc(NC2CCN3CCCCC23)c(Cl)c1. The second kappa shape index (κ2) is 5.06. The van der Waals surface area contributed by atoms with E-state index in [-0.39, 0.29) is 5.82 Å². The number of halogens is 2. The van der Waals surface area contributed by atoms with Gasteiger partial charge in [0, 0.05) is 18.6 Å². The molecule has 0 spiro atoms. The van der Waals surface area contributed by atoms with Gasteiger partial charge in [-0.05, 0) is 44.0 Å². The lowest BCUT2D eigenvalue weighted by Crippen LogP contribution is -2.41. The van der Waals surface area contributed by atoms with Crippen LogP contribution >= 0.6 is 11.6 Å². The zero-order chi connectivity index (χ0) is 12.5. The first kappa shape index (κ1) is 12.2. The van der Waals surface area contributed by atoms with E-state index in [4.69, 9.17) is 11.6 Å². The summed E-state index contributed by atoms with van der Waals surface area (Å²) in [4.78, 5) is 2.57. The van der Waals surface area contributed by atoms with Crippen molar-refractivity contribution in [3.8, 4) is 0 Å². The van der Waals surface area contributed by atoms with Crippen LogP contribution in [0.15, 0.2) is 18.2 Å². The molecule has 0 bridgehead atoms. The quantitative estimate of drug-likeness (QED) is 0.883. The lowest BCUT2D eigenvalue weighted by atomic mass is 9.99. The maximum Gasteiger partial charge on any atom is 0.124 e. The molecule has 2 fully saturated rings. The molecule has 1 aromatic rings. The van der Waals surface area contributed by atoms with Crippen LogP contribution in [-0.2, 0) is 0 Å². The first-order chi connectivity index (χ1) is 8.74. The number of anilines is 1. The van der Waals surface area contributed by atoms with Gasteiger partial charge in [-0.2, -0.15) is 0 Å². The summed E-state index contributed by atoms with van der Waals surface area (Å²) in [6.45, 7) is 2.39. The fourth-order valence-corrected chi connectivity index (χ4v) is 3.44. The van der Waals surface area contributed by atoms with Crippen LogP contribution < -0.4 is 5.32 Å². The molecular formula is C14H18ClFN2. The average molecular weight is 269 g/mol. The number of benzene rings is 1. The number of fused-ring (bicyclic) bond motifs is 1. The molecule has 2 heterocycles. The summed E-state index contributed by atoms with van der Waals surface area (Å²) in [6, 6.07) is 5.65. The van der Waals surface area contributed by atoms with Crippen LogP contribution in [0.4, 0.5) is 10.1 Å². The van der Waals surface area contributed by atoms with Crippen LogP contribution in [0, 0.1) is 5.82 Å². The Labute approximate surface area is 112 Å². The van der Waals surface area contributed by atoms with Gasteiger partial charge in [-0.1, -0.05) is 18.0 Å². The van der Waals surface area contributed by atoms with E-state index in [0.717, 1.165) is 12.1 Å². The molecule has 18 heavy (non-hydrogen) atoms. The van der Waals surface area contributed by atoms with Gasteiger partial charge in [0.15, 0.2) is 0 Å². The largest absolute Gasteiger partial charge is 0.379 e. The van der Waals surface area contributed by atoms with E-state index >= 15 is 0 Å². The van der Waals surface area contributed by atoms with Crippen molar-refractivity contribution < 1.29 is 4.39 Å². The Morgan fingerprint density at radius 3 is 2.94 bits per heavy atom. The van der Waals surface area contributed by atoms with E-state index in [0.29, 0.717) is 17.1 Å². The number of rotatable bonds is 2. The second-order valence-electron chi connectivity index (χ2n) is 5.26. The van der Waals surface area contributed by atoms with Gasteiger partial charge in [0.1, 0.15) is 5.82 Å². The Bertz CT molecular complexity index is 438. The highest BCUT2D eigenvalue weighted by molar-refractivity contribution is 6.33. The predicted molar refractivity (Wildman–Crippen MR) is 72.6 cm³/mol. The van der Waals surface area contributed by atoms with Crippen LogP contribution in [0.25, 0.3) is 0 Å². The molecule has 0 amide bonds. The Morgan fingerprint density at radius 1 is 1.22 bits per heavy atom. The Balaban J connectivity index is 1.72. The van der Waals surface area contributed by atoms with Crippen molar-refractivity contribution in [1.82, 2.24) is 4.90 Å². The zero-order valence-electron chi connectivity index (χ0n) is 10.3. The van der Waals surface area contributed by atoms with Gasteiger partial charge in [-0.15, -0.1) is 0 Å². The molecular weight excluding hydrogens is 251 g/mol. The van der Waals surface area contributed by atoms with Crippen LogP contribution in [0.5, 0.6) is 0 Å². The molecule has 2 unspecified atom stereocenters. The van der Waals surface area contributed by atoms with Crippen molar-refractivity contribution in [2.45, 2.75) is 37.8 Å². The first-order valence-electron chi connectivity index (χ1n) is 6.70. The molecule has 1 N–H and O–H groups in total. The van der Waals surface area contributed by atoms with Gasteiger partial charge >= 0.3 is 0 Å². The number of nitrogens with one attached hydrogen (secondary N) is 1. The molecule has 98 valence electrons. The van der Waals surface area contributed by atoms with Gasteiger partial charge in [0.25, 0.3) is 0 Å². The van der Waals surface area contributed by atoms with E-state index < -0.39 is 0 Å². The summed E-state index contributed by atoms with van der Waals surface area (Å²) in [5.74, 6) is -0.281. The summed E-state index contributed by atoms with van der Waals surface area (Å²) >= 11 is 6.07. The van der Waals surface area contributed by atoms with Crippen LogP contribution in [0.3, 0.4) is 0 Å². The van der Waals surface area contributed by atoms with Gasteiger partial charge in [-0.3, -0.25) is 4.90 Å². The van der Waals surface area contributed by atoms with Crippen molar-refractivity contribution in [1.29, 1.82) is 0 Å². The average Bonchev–Trinajstić information content (AvgIpc) is 2.76. The lowest BCUT2D eigenvalue weighted by Gasteiger charge is -2.33. The topological polar surface area (TPSA) is 15.3 Å². The Hall–Kier alpha value is -0.800. The van der Waals surface area contributed by atoms with E-state index in [9.17, 15) is 4.39 Å². The second-order valence-corrected chi connectivity index (χ2v) is 5.67. The fraction of sp³-hybridized carbons (Fsp3) is 0.571. The van der Waals surface area contributed by atoms with Crippen LogP contribution in [-0.4, -0.2) is 30.1 Å². The molecule has 2 nitrogen and oxygen atoms in total. The summed E-state index contributed by atoms with van der Waals surface area (Å²) in [6.07, 6.45) is 5.05. The number of piperidine rings is 1. The number of hydrogen-bond donors (Lipinski definition) is 1. The molecule has 2 aliphatic heterocycles. The van der Waals surface area contributed by atoms with E-state index in [1.54, 1.807) is 6.07 Å². The van der Waals surface area contributed by atoms with E-state index in [2.05, 4.69) is 10.2 Å². The monoisotopic (exact) mass is 268 g/mol. The summed E-state index contributed by atoms with van der Waals surface area (Å²) in [5.41, 5.74) is 0.857. The molecule has 0 saturated carbocycles. The zero-order valence-corrected chi connectivity index (χ0v) is 11.1. The summed E-state index contributed by atoms with van der Waals surface area (Å²) in [5, 5.41) is 3.97. The predicted octanol–water partition coefficient (Wildman–Crippen LogP) is 3.52. The molecule has 4 heteroatoms. The molecule has 2 aliphatic rings. The molecule has 0 aromatic heterocycles. The van der Waals surface area contributed by atoms with Crippen molar-refractivity contribution in [2.24, 2.45) is 0 Å². The smallest absolute Gasteiger partial charge is 0.124 e. The van der Waals surface area contributed by atoms with Gasteiger partial charge < -0.3 is 5.32 Å². The molecule has 3 rings (SSSR count). The first-order valence-corrected chi connectivity index (χ1v) is 7.07. The molecule has 2 atom stereocenters. The minimum absolute atomic E-state index is 0.281. The van der Waals surface area contributed by atoms with Gasteiger partial charge in [0.05, 0.1) is 10.7 Å². The minimum Gasteiger partial charge on any atom is -0.379 e. The summed E-state index contributed by atoms with van der Waals surface area (Å²) < 4.78 is 13.0. The normalized spacial score (nSPS) is 28.1. The maximum atomic E-state index is 13.0. The van der Waals surface area contributed by atoms with Crippen molar-refractivity contribution >= 4 is 17.3 Å². The number of hydrogen-bond acceptors (Lipinski definition) is 2. The Morgan fingerprint density at radius 2 is 2.11 bits per heavy atom. The van der Waals surface area contributed by atoms with Gasteiger partial charge in [0.2, 0.25) is 0 Å². The van der Waals surface area contributed by atoms with Crippen LogP contribution in [0.2, 0.25) is 5.02 Å².